The third-order valence-electron chi connectivity index (χ3n) is 13.2. The van der Waals surface area contributed by atoms with E-state index in [0.717, 1.165) is 45.0 Å². The van der Waals surface area contributed by atoms with Crippen molar-refractivity contribution >= 4 is 76.2 Å². The van der Waals surface area contributed by atoms with Gasteiger partial charge in [-0.05, 0) is 95.1 Å². The van der Waals surface area contributed by atoms with E-state index in [1.807, 2.05) is 52.5 Å². The lowest BCUT2D eigenvalue weighted by Crippen LogP contribution is -2.51. The molecule has 62 heavy (non-hydrogen) atoms. The molecule has 0 saturated carbocycles. The Morgan fingerprint density at radius 3 is 1.31 bits per heavy atom. The first-order valence-electron chi connectivity index (χ1n) is 21.1. The summed E-state index contributed by atoms with van der Waals surface area (Å²) in [6, 6.07) is 27.6. The Morgan fingerprint density at radius 2 is 0.952 bits per heavy atom. The van der Waals surface area contributed by atoms with Gasteiger partial charge in [0.1, 0.15) is 0 Å². The maximum atomic E-state index is 13.7. The number of benzene rings is 4. The Labute approximate surface area is 376 Å². The van der Waals surface area contributed by atoms with E-state index in [4.69, 9.17) is 9.47 Å². The molecule has 8 rings (SSSR count). The lowest BCUT2D eigenvalue weighted by atomic mass is 9.77. The summed E-state index contributed by atoms with van der Waals surface area (Å²) in [5.74, 6) is 0.558. The molecule has 2 unspecified atom stereocenters. The average Bonchev–Trinajstić information content (AvgIpc) is 3.97. The third kappa shape index (κ3) is 7.66. The van der Waals surface area contributed by atoms with Crippen LogP contribution >= 0.6 is 21.6 Å². The van der Waals surface area contributed by atoms with Crippen molar-refractivity contribution < 1.29 is 26.3 Å². The highest BCUT2D eigenvalue weighted by Gasteiger charge is 2.60. The van der Waals surface area contributed by atoms with Crippen molar-refractivity contribution in [2.75, 3.05) is 97.1 Å². The van der Waals surface area contributed by atoms with E-state index >= 15 is 0 Å². The molecular weight excluding hydrogens is 857 g/mol. The number of fused-ring (bicyclic) bond motifs is 6. The van der Waals surface area contributed by atoms with Crippen LogP contribution in [0.3, 0.4) is 0 Å². The van der Waals surface area contributed by atoms with Gasteiger partial charge in [0.15, 0.2) is 31.1 Å². The van der Waals surface area contributed by atoms with Crippen LogP contribution in [0.1, 0.15) is 49.9 Å². The molecule has 4 aromatic rings. The van der Waals surface area contributed by atoms with Crippen LogP contribution in [-0.2, 0) is 40.0 Å². The van der Waals surface area contributed by atoms with Crippen LogP contribution in [0.4, 0.5) is 22.7 Å². The minimum atomic E-state index is -3.61. The number of hydrogen-bond donors (Lipinski definition) is 0. The molecule has 0 aromatic heterocycles. The summed E-state index contributed by atoms with van der Waals surface area (Å²) in [6.07, 6.45) is 8.43. The second-order valence-electron chi connectivity index (χ2n) is 17.9. The fourth-order valence-electron chi connectivity index (χ4n) is 9.50. The van der Waals surface area contributed by atoms with E-state index in [0.29, 0.717) is 47.6 Å². The summed E-state index contributed by atoms with van der Waals surface area (Å²) in [7, 11) is 3.64. The zero-order valence-corrected chi connectivity index (χ0v) is 40.2. The second kappa shape index (κ2) is 16.6. The first kappa shape index (κ1) is 44.7. The summed E-state index contributed by atoms with van der Waals surface area (Å²) in [6.45, 7) is 11.1. The van der Waals surface area contributed by atoms with Crippen molar-refractivity contribution in [1.82, 2.24) is 0 Å². The van der Waals surface area contributed by atoms with E-state index < -0.39 is 42.0 Å². The minimum absolute atomic E-state index is 0.0547. The number of ether oxygens (including phenoxy) is 2. The summed E-state index contributed by atoms with van der Waals surface area (Å²) in [4.78, 5) is 9.23. The molecule has 2 fully saturated rings. The Balaban J connectivity index is 0.880. The van der Waals surface area contributed by atoms with E-state index in [9.17, 15) is 16.8 Å². The van der Waals surface area contributed by atoms with E-state index in [-0.39, 0.29) is 11.5 Å². The van der Waals surface area contributed by atoms with Gasteiger partial charge in [-0.25, -0.2) is 16.8 Å². The zero-order chi connectivity index (χ0) is 44.3. The highest BCUT2D eigenvalue weighted by Crippen LogP contribution is 2.57. The second-order valence-corrected chi connectivity index (χ2v) is 24.8. The average molecular weight is 915 g/mol. The van der Waals surface area contributed by atoms with Gasteiger partial charge in [0, 0.05) is 86.4 Å². The predicted octanol–water partition coefficient (Wildman–Crippen LogP) is 8.52. The number of anilines is 4. The molecule has 0 N–H and O–H groups in total. The largest absolute Gasteiger partial charge is 0.378 e. The van der Waals surface area contributed by atoms with Crippen molar-refractivity contribution in [1.29, 1.82) is 0 Å². The quantitative estimate of drug-likeness (QED) is 0.0845. The molecule has 2 atom stereocenters. The van der Waals surface area contributed by atoms with Crippen LogP contribution in [0, 0.1) is 0 Å². The molecule has 0 amide bonds. The number of hydrogen-bond acceptors (Lipinski definition) is 12. The van der Waals surface area contributed by atoms with Crippen LogP contribution < -0.4 is 19.6 Å². The summed E-state index contributed by atoms with van der Waals surface area (Å²) in [5, 5.41) is 0. The minimum Gasteiger partial charge on any atom is -0.378 e. The Bertz CT molecular complexity index is 2430. The zero-order valence-electron chi connectivity index (χ0n) is 36.9. The Hall–Kier alpha value is -3.92. The van der Waals surface area contributed by atoms with Crippen LogP contribution in [0.25, 0.3) is 12.2 Å². The highest BCUT2D eigenvalue weighted by molar-refractivity contribution is 8.76. The topological polar surface area (TPSA) is 99.7 Å². The van der Waals surface area contributed by atoms with Crippen LogP contribution in [0.5, 0.6) is 0 Å². The lowest BCUT2D eigenvalue weighted by molar-refractivity contribution is 0.000237. The number of rotatable bonds is 15. The monoisotopic (exact) mass is 914 g/mol. The van der Waals surface area contributed by atoms with Crippen LogP contribution in [-0.4, -0.2) is 106 Å². The normalized spacial score (nSPS) is 22.3. The SMILES string of the molecule is CN(C)c1ccc(/C=C/C23OCCN2c2ccc(S(=O)(=O)CCSSCCS(=O)(=O)c4ccc5c(c4)C(C)(C)C4(/C=C/c6ccc(N(C)C)cc6)OCCN54)cc2C3(C)C)cc1. The molecular formula is C48H58N4O6S4. The number of sulfone groups is 2. The standard InChI is InChI=1S/C48H58N4O6S4/c1-45(2)41-33-39(17-19-43(41)51-25-27-57-47(45,51)23-21-35-9-13-37(14-10-35)49(5)6)61(53,54)31-29-59-60-30-32-62(55,56)40-18-20-44-42(34-40)46(3,4)48(52(44)26-28-58-48)24-22-36-11-15-38(16-12-36)50(7)8/h9-24,33-34H,25-32H2,1-8H3/b23-21+,24-22+. The maximum absolute atomic E-state index is 13.7. The molecule has 0 aliphatic carbocycles. The lowest BCUT2D eigenvalue weighted by Gasteiger charge is -2.39. The van der Waals surface area contributed by atoms with Crippen molar-refractivity contribution in [3.05, 3.63) is 119 Å². The molecule has 4 aliphatic heterocycles. The van der Waals surface area contributed by atoms with Gasteiger partial charge in [0.2, 0.25) is 0 Å². The Morgan fingerprint density at radius 1 is 0.581 bits per heavy atom. The van der Waals surface area contributed by atoms with Crippen molar-refractivity contribution in [3.8, 4) is 0 Å². The molecule has 330 valence electrons. The molecule has 4 aliphatic rings. The van der Waals surface area contributed by atoms with Crippen LogP contribution in [0.15, 0.2) is 107 Å². The molecule has 4 aromatic carbocycles. The van der Waals surface area contributed by atoms with Gasteiger partial charge in [-0.15, -0.1) is 0 Å². The predicted molar refractivity (Wildman–Crippen MR) is 260 cm³/mol. The van der Waals surface area contributed by atoms with E-state index in [1.165, 1.54) is 21.6 Å². The Kier molecular flexibility index (Phi) is 11.9. The summed E-state index contributed by atoms with van der Waals surface area (Å²) < 4.78 is 67.9. The fourth-order valence-corrected chi connectivity index (χ4v) is 15.6. The van der Waals surface area contributed by atoms with E-state index in [2.05, 4.69) is 120 Å². The summed E-state index contributed by atoms with van der Waals surface area (Å²) >= 11 is 0. The summed E-state index contributed by atoms with van der Waals surface area (Å²) in [5.41, 5.74) is 5.69. The molecule has 10 nitrogen and oxygen atoms in total. The highest BCUT2D eigenvalue weighted by atomic mass is 33.1. The maximum Gasteiger partial charge on any atom is 0.179 e. The van der Waals surface area contributed by atoms with Gasteiger partial charge in [-0.2, -0.15) is 0 Å². The molecule has 4 heterocycles. The first-order valence-corrected chi connectivity index (χ1v) is 26.9. The molecule has 0 spiro atoms. The van der Waals surface area contributed by atoms with Gasteiger partial charge in [0.25, 0.3) is 0 Å². The van der Waals surface area contributed by atoms with Gasteiger partial charge in [0.05, 0.1) is 34.5 Å². The third-order valence-corrected chi connectivity index (χ3v) is 19.6. The smallest absolute Gasteiger partial charge is 0.179 e. The van der Waals surface area contributed by atoms with Gasteiger partial charge < -0.3 is 29.1 Å². The molecule has 0 radical (unpaired) electrons. The van der Waals surface area contributed by atoms with Crippen molar-refractivity contribution in [2.24, 2.45) is 0 Å². The van der Waals surface area contributed by atoms with Gasteiger partial charge in [-0.1, -0.05) is 85.7 Å². The molecule has 14 heteroatoms. The number of nitrogens with zero attached hydrogens (tertiary/aromatic N) is 4. The van der Waals surface area contributed by atoms with Gasteiger partial charge >= 0.3 is 0 Å². The molecule has 2 saturated heterocycles. The van der Waals surface area contributed by atoms with Gasteiger partial charge in [-0.3, -0.25) is 0 Å². The van der Waals surface area contributed by atoms with Crippen LogP contribution in [0.2, 0.25) is 0 Å². The van der Waals surface area contributed by atoms with Crippen molar-refractivity contribution in [2.45, 2.75) is 59.8 Å². The molecule has 0 bridgehead atoms. The van der Waals surface area contributed by atoms with Crippen molar-refractivity contribution in [3.63, 3.8) is 0 Å². The van der Waals surface area contributed by atoms with E-state index in [1.54, 1.807) is 12.1 Å². The first-order chi connectivity index (χ1) is 29.3. The fraction of sp³-hybridized carbons (Fsp3) is 0.417.